The Bertz CT molecular complexity index is 468. The molecule has 1 aromatic carbocycles. The Hall–Kier alpha value is -2.17. The van der Waals surface area contributed by atoms with E-state index in [-0.39, 0.29) is 18.5 Å². The van der Waals surface area contributed by atoms with Crippen LogP contribution in [0.15, 0.2) is 41.2 Å². The maximum atomic E-state index is 11.7. The normalized spacial score (nSPS) is 12.1. The monoisotopic (exact) mass is 232 g/mol. The molecule has 0 aliphatic rings. The molecule has 0 amide bonds. The van der Waals surface area contributed by atoms with Crippen molar-refractivity contribution in [3.63, 3.8) is 0 Å². The van der Waals surface area contributed by atoms with Gasteiger partial charge in [0.15, 0.2) is 6.33 Å². The highest BCUT2D eigenvalue weighted by molar-refractivity contribution is 5.76. The summed E-state index contributed by atoms with van der Waals surface area (Å²) < 4.78 is 9.95. The molecule has 0 fully saturated rings. The second-order valence-electron chi connectivity index (χ2n) is 3.59. The first-order chi connectivity index (χ1) is 8.27. The van der Waals surface area contributed by atoms with Gasteiger partial charge in [-0.15, -0.1) is 0 Å². The van der Waals surface area contributed by atoms with Gasteiger partial charge < -0.3 is 9.26 Å². The maximum Gasteiger partial charge on any atom is 0.318 e. The van der Waals surface area contributed by atoms with Crippen molar-refractivity contribution in [1.82, 2.24) is 10.1 Å². The first-order valence-corrected chi connectivity index (χ1v) is 5.24. The van der Waals surface area contributed by atoms with Crippen LogP contribution in [-0.2, 0) is 16.1 Å². The van der Waals surface area contributed by atoms with Crippen LogP contribution in [0.25, 0.3) is 0 Å². The van der Waals surface area contributed by atoms with Gasteiger partial charge in [0.2, 0.25) is 5.89 Å². The highest BCUT2D eigenvalue weighted by Gasteiger charge is 2.21. The molecule has 0 N–H and O–H groups in total. The SMILES string of the molecule is CC(C(=O)OCc1ccccc1)c1ncno1. The van der Waals surface area contributed by atoms with E-state index in [4.69, 9.17) is 9.26 Å². The van der Waals surface area contributed by atoms with Crippen LogP contribution in [0.3, 0.4) is 0 Å². The topological polar surface area (TPSA) is 65.2 Å². The smallest absolute Gasteiger partial charge is 0.318 e. The number of hydrogen-bond acceptors (Lipinski definition) is 5. The van der Waals surface area contributed by atoms with Gasteiger partial charge in [0, 0.05) is 0 Å². The number of benzene rings is 1. The van der Waals surface area contributed by atoms with Crippen molar-refractivity contribution in [3.05, 3.63) is 48.1 Å². The molecule has 1 unspecified atom stereocenters. The largest absolute Gasteiger partial charge is 0.460 e. The fourth-order valence-corrected chi connectivity index (χ4v) is 1.33. The molecule has 0 bridgehead atoms. The molecule has 2 aromatic rings. The summed E-state index contributed by atoms with van der Waals surface area (Å²) in [5, 5.41) is 3.45. The highest BCUT2D eigenvalue weighted by Crippen LogP contribution is 2.14. The first-order valence-electron chi connectivity index (χ1n) is 5.24. The average Bonchev–Trinajstić information content (AvgIpc) is 2.90. The van der Waals surface area contributed by atoms with Gasteiger partial charge in [-0.3, -0.25) is 4.79 Å². The summed E-state index contributed by atoms with van der Waals surface area (Å²) in [6, 6.07) is 9.48. The molecule has 88 valence electrons. The molecule has 0 saturated carbocycles. The highest BCUT2D eigenvalue weighted by atomic mass is 16.5. The summed E-state index contributed by atoms with van der Waals surface area (Å²) in [6.45, 7) is 1.92. The molecule has 5 nitrogen and oxygen atoms in total. The van der Waals surface area contributed by atoms with E-state index in [1.807, 2.05) is 30.3 Å². The van der Waals surface area contributed by atoms with Crippen LogP contribution in [0, 0.1) is 0 Å². The van der Waals surface area contributed by atoms with E-state index in [0.717, 1.165) is 5.56 Å². The molecule has 1 heterocycles. The minimum absolute atomic E-state index is 0.248. The second-order valence-corrected chi connectivity index (χ2v) is 3.59. The zero-order valence-corrected chi connectivity index (χ0v) is 9.37. The summed E-state index contributed by atoms with van der Waals surface area (Å²) in [5.74, 6) is -0.651. The average molecular weight is 232 g/mol. The van der Waals surface area contributed by atoms with E-state index in [1.165, 1.54) is 6.33 Å². The van der Waals surface area contributed by atoms with E-state index in [1.54, 1.807) is 6.92 Å². The molecule has 0 aliphatic heterocycles. The Labute approximate surface area is 98.4 Å². The standard InChI is InChI=1S/C12H12N2O3/c1-9(11-13-8-14-17-11)12(15)16-7-10-5-3-2-4-6-10/h2-6,8-9H,7H2,1H3. The predicted molar refractivity (Wildman–Crippen MR) is 59.0 cm³/mol. The third-order valence-electron chi connectivity index (χ3n) is 2.33. The number of ether oxygens (including phenoxy) is 1. The van der Waals surface area contributed by atoms with Gasteiger partial charge in [-0.1, -0.05) is 35.5 Å². The predicted octanol–water partition coefficient (Wildman–Crippen LogP) is 1.92. The van der Waals surface area contributed by atoms with Gasteiger partial charge in [0.25, 0.3) is 0 Å². The van der Waals surface area contributed by atoms with Gasteiger partial charge in [-0.25, -0.2) is 0 Å². The summed E-state index contributed by atoms with van der Waals surface area (Å²) in [4.78, 5) is 15.5. The quantitative estimate of drug-likeness (QED) is 0.753. The fraction of sp³-hybridized carbons (Fsp3) is 0.250. The van der Waals surface area contributed by atoms with Crippen molar-refractivity contribution < 1.29 is 14.1 Å². The molecule has 1 atom stereocenters. The Balaban J connectivity index is 1.90. The van der Waals surface area contributed by atoms with Crippen LogP contribution < -0.4 is 0 Å². The number of nitrogens with zero attached hydrogens (tertiary/aromatic N) is 2. The number of carbonyl (C=O) groups is 1. The van der Waals surface area contributed by atoms with E-state index in [9.17, 15) is 4.79 Å². The molecular weight excluding hydrogens is 220 g/mol. The third-order valence-corrected chi connectivity index (χ3v) is 2.33. The van der Waals surface area contributed by atoms with E-state index in [0.29, 0.717) is 0 Å². The van der Waals surface area contributed by atoms with E-state index in [2.05, 4.69) is 10.1 Å². The minimum Gasteiger partial charge on any atom is -0.460 e. The van der Waals surface area contributed by atoms with Gasteiger partial charge >= 0.3 is 5.97 Å². The number of aromatic nitrogens is 2. The number of esters is 1. The summed E-state index contributed by atoms with van der Waals surface area (Å²) in [5.41, 5.74) is 0.943. The van der Waals surface area contributed by atoms with Crippen LogP contribution in [-0.4, -0.2) is 16.1 Å². The number of hydrogen-bond donors (Lipinski definition) is 0. The van der Waals surface area contributed by atoms with Crippen molar-refractivity contribution in [2.75, 3.05) is 0 Å². The zero-order chi connectivity index (χ0) is 12.1. The van der Waals surface area contributed by atoms with Crippen molar-refractivity contribution in [3.8, 4) is 0 Å². The fourth-order valence-electron chi connectivity index (χ4n) is 1.33. The maximum absolute atomic E-state index is 11.7. The lowest BCUT2D eigenvalue weighted by molar-refractivity contribution is -0.147. The minimum atomic E-state index is -0.541. The molecule has 0 radical (unpaired) electrons. The Morgan fingerprint density at radius 3 is 2.82 bits per heavy atom. The van der Waals surface area contributed by atoms with Gasteiger partial charge in [0.1, 0.15) is 12.5 Å². The van der Waals surface area contributed by atoms with Crippen molar-refractivity contribution >= 4 is 5.97 Å². The molecule has 0 saturated heterocycles. The Kier molecular flexibility index (Phi) is 3.49. The third kappa shape index (κ3) is 2.90. The Morgan fingerprint density at radius 1 is 1.41 bits per heavy atom. The molecule has 5 heteroatoms. The Morgan fingerprint density at radius 2 is 2.18 bits per heavy atom. The van der Waals surface area contributed by atoms with Crippen molar-refractivity contribution in [1.29, 1.82) is 0 Å². The molecule has 2 rings (SSSR count). The van der Waals surface area contributed by atoms with Crippen LogP contribution in [0.4, 0.5) is 0 Å². The summed E-state index contributed by atoms with van der Waals surface area (Å²) >= 11 is 0. The summed E-state index contributed by atoms with van der Waals surface area (Å²) in [6.07, 6.45) is 1.26. The second kappa shape index (κ2) is 5.25. The van der Waals surface area contributed by atoms with E-state index < -0.39 is 5.92 Å². The molecule has 1 aromatic heterocycles. The first kappa shape index (κ1) is 11.3. The van der Waals surface area contributed by atoms with Crippen molar-refractivity contribution in [2.45, 2.75) is 19.4 Å². The summed E-state index contributed by atoms with van der Waals surface area (Å²) in [7, 11) is 0. The zero-order valence-electron chi connectivity index (χ0n) is 9.37. The molecule has 17 heavy (non-hydrogen) atoms. The van der Waals surface area contributed by atoms with Crippen LogP contribution in [0.2, 0.25) is 0 Å². The lowest BCUT2D eigenvalue weighted by Crippen LogP contribution is -2.13. The van der Waals surface area contributed by atoms with E-state index >= 15 is 0 Å². The van der Waals surface area contributed by atoms with Crippen LogP contribution >= 0.6 is 0 Å². The molecule has 0 aliphatic carbocycles. The lowest BCUT2D eigenvalue weighted by Gasteiger charge is -2.07. The van der Waals surface area contributed by atoms with Gasteiger partial charge in [-0.2, -0.15) is 4.98 Å². The molecule has 0 spiro atoms. The van der Waals surface area contributed by atoms with Crippen LogP contribution in [0.1, 0.15) is 24.3 Å². The van der Waals surface area contributed by atoms with Gasteiger partial charge in [-0.05, 0) is 12.5 Å². The molecular formula is C12H12N2O3. The lowest BCUT2D eigenvalue weighted by atomic mass is 10.2. The number of rotatable bonds is 4. The number of carbonyl (C=O) groups excluding carboxylic acids is 1. The van der Waals surface area contributed by atoms with Gasteiger partial charge in [0.05, 0.1) is 0 Å². The van der Waals surface area contributed by atoms with Crippen LogP contribution in [0.5, 0.6) is 0 Å². The van der Waals surface area contributed by atoms with Crippen molar-refractivity contribution in [2.24, 2.45) is 0 Å².